The van der Waals surface area contributed by atoms with Gasteiger partial charge in [-0.2, -0.15) is 0 Å². The summed E-state index contributed by atoms with van der Waals surface area (Å²) in [5, 5.41) is 12.3. The summed E-state index contributed by atoms with van der Waals surface area (Å²) in [6.45, 7) is 6.43. The van der Waals surface area contributed by atoms with Crippen molar-refractivity contribution in [3.8, 4) is 5.75 Å². The van der Waals surface area contributed by atoms with Crippen molar-refractivity contribution >= 4 is 28.5 Å². The van der Waals surface area contributed by atoms with Crippen molar-refractivity contribution < 1.29 is 14.6 Å². The number of methoxy groups -OCH3 is 1. The Morgan fingerprint density at radius 3 is 2.63 bits per heavy atom. The first-order valence-corrected chi connectivity index (χ1v) is 11.2. The zero-order valence-corrected chi connectivity index (χ0v) is 18.8. The van der Waals surface area contributed by atoms with E-state index >= 15 is 0 Å². The van der Waals surface area contributed by atoms with Gasteiger partial charge in [0, 0.05) is 35.5 Å². The number of amides is 1. The number of fused-ring (bicyclic) bond motifs is 1. The number of hydrogen-bond acceptors (Lipinski definition) is 4. The third kappa shape index (κ3) is 2.94. The first-order chi connectivity index (χ1) is 14.0. The Balaban J connectivity index is 1.44. The molecule has 2 saturated carbocycles. The second kappa shape index (κ2) is 6.36. The van der Waals surface area contributed by atoms with Gasteiger partial charge in [0.2, 0.25) is 5.91 Å². The molecule has 2 aromatic heterocycles. The number of carbonyl (C=O) groups excluding carboxylic acids is 1. The molecule has 162 valence electrons. The number of aliphatic hydroxyl groups is 1. The van der Waals surface area contributed by atoms with Crippen LogP contribution in [-0.2, 0) is 10.2 Å². The molecule has 0 radical (unpaired) electrons. The first-order valence-electron chi connectivity index (χ1n) is 10.8. The van der Waals surface area contributed by atoms with Crippen LogP contribution in [0.3, 0.4) is 0 Å². The molecule has 2 aromatic rings. The molecule has 4 bridgehead atoms. The van der Waals surface area contributed by atoms with Gasteiger partial charge >= 0.3 is 0 Å². The molecule has 0 spiro atoms. The molecule has 1 amide bonds. The molecule has 2 saturated heterocycles. The summed E-state index contributed by atoms with van der Waals surface area (Å²) in [6.07, 6.45) is 8.20. The van der Waals surface area contributed by atoms with E-state index < -0.39 is 11.0 Å². The van der Waals surface area contributed by atoms with Crippen LogP contribution in [0.25, 0.3) is 11.0 Å². The van der Waals surface area contributed by atoms with E-state index in [0.717, 1.165) is 30.2 Å². The molecule has 2 unspecified atom stereocenters. The van der Waals surface area contributed by atoms with E-state index in [1.165, 1.54) is 0 Å². The monoisotopic (exact) mass is 431 g/mol. The fraction of sp³-hybridized carbons (Fsp3) is 0.652. The van der Waals surface area contributed by atoms with Gasteiger partial charge in [-0.05, 0) is 43.1 Å². The van der Waals surface area contributed by atoms with E-state index in [9.17, 15) is 9.90 Å². The average molecular weight is 432 g/mol. The highest BCUT2D eigenvalue weighted by Gasteiger charge is 2.59. The maximum atomic E-state index is 13.6. The van der Waals surface area contributed by atoms with Gasteiger partial charge in [-0.25, -0.2) is 4.98 Å². The van der Waals surface area contributed by atoms with Crippen molar-refractivity contribution in [3.63, 3.8) is 0 Å². The molecule has 2 atom stereocenters. The lowest BCUT2D eigenvalue weighted by Gasteiger charge is -2.63. The first kappa shape index (κ1) is 20.1. The Morgan fingerprint density at radius 1 is 1.37 bits per heavy atom. The molecule has 4 aliphatic rings. The van der Waals surface area contributed by atoms with Crippen LogP contribution < -0.4 is 4.74 Å². The number of nitrogens with zero attached hydrogens (tertiary/aromatic N) is 2. The van der Waals surface area contributed by atoms with E-state index in [-0.39, 0.29) is 23.4 Å². The number of ether oxygens (including phenoxy) is 1. The van der Waals surface area contributed by atoms with Gasteiger partial charge in [0.05, 0.1) is 23.9 Å². The molecule has 6 nitrogen and oxygen atoms in total. The van der Waals surface area contributed by atoms with Crippen LogP contribution in [0.2, 0.25) is 5.02 Å². The number of aromatic nitrogens is 2. The Kier molecular flexibility index (Phi) is 4.27. The Labute approximate surface area is 181 Å². The summed E-state index contributed by atoms with van der Waals surface area (Å²) in [4.78, 5) is 23.3. The number of hydrogen-bond donors (Lipinski definition) is 2. The number of nitrogens with one attached hydrogen (secondary N) is 1. The highest BCUT2D eigenvalue weighted by molar-refractivity contribution is 6.37. The van der Waals surface area contributed by atoms with Crippen LogP contribution in [0, 0.1) is 5.41 Å². The van der Waals surface area contributed by atoms with Crippen LogP contribution in [0.15, 0.2) is 12.4 Å². The summed E-state index contributed by atoms with van der Waals surface area (Å²) in [5.74, 6) is 0.695. The van der Waals surface area contributed by atoms with Gasteiger partial charge in [-0.1, -0.05) is 32.4 Å². The predicted octanol–water partition coefficient (Wildman–Crippen LogP) is 4.19. The van der Waals surface area contributed by atoms with Gasteiger partial charge in [-0.15, -0.1) is 0 Å². The van der Waals surface area contributed by atoms with E-state index in [4.69, 9.17) is 16.3 Å². The molecule has 7 heteroatoms. The van der Waals surface area contributed by atoms with Crippen molar-refractivity contribution in [3.05, 3.63) is 23.0 Å². The third-order valence-corrected chi connectivity index (χ3v) is 8.04. The molecule has 30 heavy (non-hydrogen) atoms. The fourth-order valence-corrected chi connectivity index (χ4v) is 7.11. The smallest absolute Gasteiger partial charge is 0.223 e. The van der Waals surface area contributed by atoms with Crippen molar-refractivity contribution in [2.75, 3.05) is 7.11 Å². The average Bonchev–Trinajstić information content (AvgIpc) is 3.04. The number of aromatic amines is 1. The lowest BCUT2D eigenvalue weighted by atomic mass is 9.54. The van der Waals surface area contributed by atoms with Gasteiger partial charge in [0.15, 0.2) is 5.75 Å². The van der Waals surface area contributed by atoms with E-state index in [0.29, 0.717) is 35.7 Å². The van der Waals surface area contributed by atoms with E-state index in [1.54, 1.807) is 13.3 Å². The second-order valence-corrected chi connectivity index (χ2v) is 11.1. The van der Waals surface area contributed by atoms with Gasteiger partial charge in [-0.3, -0.25) is 4.79 Å². The van der Waals surface area contributed by atoms with Crippen molar-refractivity contribution in [1.29, 1.82) is 0 Å². The minimum absolute atomic E-state index is 0.151. The van der Waals surface area contributed by atoms with Crippen LogP contribution in [0.4, 0.5) is 0 Å². The molecule has 2 aliphatic carbocycles. The summed E-state index contributed by atoms with van der Waals surface area (Å²) >= 11 is 6.60. The second-order valence-electron chi connectivity index (χ2n) is 10.8. The number of carbonyl (C=O) groups is 1. The molecule has 4 heterocycles. The molecule has 6 rings (SSSR count). The molecular weight excluding hydrogens is 402 g/mol. The number of pyridine rings is 1. The maximum absolute atomic E-state index is 13.6. The van der Waals surface area contributed by atoms with Crippen molar-refractivity contribution in [2.45, 2.75) is 82.4 Å². The molecule has 4 fully saturated rings. The lowest BCUT2D eigenvalue weighted by molar-refractivity contribution is -0.193. The Bertz CT molecular complexity index is 994. The summed E-state index contributed by atoms with van der Waals surface area (Å²) in [6, 6.07) is 0.302. The fourth-order valence-electron chi connectivity index (χ4n) is 6.79. The van der Waals surface area contributed by atoms with Crippen molar-refractivity contribution in [1.82, 2.24) is 14.9 Å². The minimum Gasteiger partial charge on any atom is -0.494 e. The standard InChI is InChI=1S/C23H30ClN3O3/c1-21(2,15-10-25-20-18(15)19(24)16(30-4)11-26-20)9-17(28)27-13-5-22(3)6-14(27)8-23(29,7-13)12-22/h10-11,13-14,29H,5-9,12H2,1-4H3,(H,25,26). The highest BCUT2D eigenvalue weighted by atomic mass is 35.5. The lowest BCUT2D eigenvalue weighted by Crippen LogP contribution is -2.68. The van der Waals surface area contributed by atoms with Crippen LogP contribution in [0.5, 0.6) is 5.75 Å². The SMILES string of the molecule is COc1cnc2[nH]cc(C(C)(C)CC(=O)N3C4CC5(C)CC3CC(O)(C4)C5)c2c1Cl. The largest absolute Gasteiger partial charge is 0.494 e. The predicted molar refractivity (Wildman–Crippen MR) is 116 cm³/mol. The maximum Gasteiger partial charge on any atom is 0.223 e. The number of halogens is 1. The molecule has 2 aliphatic heterocycles. The van der Waals surface area contributed by atoms with Crippen LogP contribution >= 0.6 is 11.6 Å². The minimum atomic E-state index is -0.584. The molecule has 2 N–H and O–H groups in total. The summed E-state index contributed by atoms with van der Waals surface area (Å²) in [7, 11) is 1.57. The van der Waals surface area contributed by atoms with Crippen molar-refractivity contribution in [2.24, 2.45) is 5.41 Å². The van der Waals surface area contributed by atoms with Gasteiger partial charge < -0.3 is 19.7 Å². The van der Waals surface area contributed by atoms with Gasteiger partial charge in [0.1, 0.15) is 5.65 Å². The third-order valence-electron chi connectivity index (χ3n) is 7.67. The molecular formula is C23H30ClN3O3. The van der Waals surface area contributed by atoms with Crippen LogP contribution in [-0.4, -0.2) is 50.7 Å². The Hall–Kier alpha value is -1.79. The summed E-state index contributed by atoms with van der Waals surface area (Å²) < 4.78 is 5.34. The van der Waals surface area contributed by atoms with E-state index in [2.05, 4.69) is 35.6 Å². The van der Waals surface area contributed by atoms with E-state index in [1.807, 2.05) is 6.20 Å². The zero-order valence-electron chi connectivity index (χ0n) is 18.1. The number of piperidine rings is 2. The summed E-state index contributed by atoms with van der Waals surface area (Å²) in [5.41, 5.74) is 0.820. The topological polar surface area (TPSA) is 78.5 Å². The highest BCUT2D eigenvalue weighted by Crippen LogP contribution is 2.58. The number of rotatable bonds is 4. The normalized spacial score (nSPS) is 32.8. The Morgan fingerprint density at radius 2 is 2.03 bits per heavy atom. The van der Waals surface area contributed by atoms with Gasteiger partial charge in [0.25, 0.3) is 0 Å². The van der Waals surface area contributed by atoms with Crippen LogP contribution in [0.1, 0.15) is 64.9 Å². The molecule has 0 aromatic carbocycles. The quantitative estimate of drug-likeness (QED) is 0.760. The number of H-pyrrole nitrogens is 1. The zero-order chi connectivity index (χ0) is 21.5.